The van der Waals surface area contributed by atoms with Gasteiger partial charge in [0.05, 0.1) is 11.2 Å². The standard InChI is InChI=1S/C34H49NO2.ClH/c36-33(28-15-5-1-6-16-28,29-17-7-2-8-18-29)24-23-32(27-35-25-13-14-26-35)34(37,30-19-9-3-10-20-30)31-21-11-4-12-22-31;/h1,3,5-6,9-10,15-16,19-20,29,31-32,36-37H,2,4,7-8,11-14,17-18,21-27H2;1H. The summed E-state index contributed by atoms with van der Waals surface area (Å²) in [5.41, 5.74) is 0.485. The van der Waals surface area contributed by atoms with Crippen LogP contribution in [0.5, 0.6) is 0 Å². The van der Waals surface area contributed by atoms with E-state index in [0.717, 1.165) is 69.3 Å². The molecule has 3 atom stereocenters. The predicted molar refractivity (Wildman–Crippen MR) is 159 cm³/mol. The zero-order valence-corrected chi connectivity index (χ0v) is 24.1. The molecule has 2 aromatic carbocycles. The van der Waals surface area contributed by atoms with E-state index in [1.54, 1.807) is 0 Å². The van der Waals surface area contributed by atoms with Crippen molar-refractivity contribution in [1.82, 2.24) is 4.90 Å². The Hall–Kier alpha value is -1.39. The summed E-state index contributed by atoms with van der Waals surface area (Å²) in [5, 5.41) is 25.4. The van der Waals surface area contributed by atoms with Crippen molar-refractivity contribution in [1.29, 1.82) is 0 Å². The fraction of sp³-hybridized carbons (Fsp3) is 0.647. The SMILES string of the molecule is Cl.OC(CCC(CN1CCCC1)C(O)(c1ccccc1)C1CCCCC1)(c1ccccc1)C1CCCCC1. The van der Waals surface area contributed by atoms with Crippen molar-refractivity contribution in [2.75, 3.05) is 19.6 Å². The lowest BCUT2D eigenvalue weighted by molar-refractivity contribution is -0.111. The lowest BCUT2D eigenvalue weighted by Crippen LogP contribution is -2.48. The number of hydrogen-bond acceptors (Lipinski definition) is 3. The Kier molecular flexibility index (Phi) is 10.7. The van der Waals surface area contributed by atoms with Crippen molar-refractivity contribution in [3.05, 3.63) is 71.8 Å². The first-order valence-electron chi connectivity index (χ1n) is 15.4. The second-order valence-electron chi connectivity index (χ2n) is 12.4. The first kappa shape index (κ1) is 29.6. The van der Waals surface area contributed by atoms with Gasteiger partial charge < -0.3 is 15.1 Å². The molecule has 1 aliphatic heterocycles. The summed E-state index contributed by atoms with van der Waals surface area (Å²) in [7, 11) is 0. The lowest BCUT2D eigenvalue weighted by Gasteiger charge is -2.47. The quantitative estimate of drug-likeness (QED) is 0.323. The smallest absolute Gasteiger partial charge is 0.0964 e. The second-order valence-corrected chi connectivity index (χ2v) is 12.4. The highest BCUT2D eigenvalue weighted by Crippen LogP contribution is 2.49. The largest absolute Gasteiger partial charge is 0.385 e. The number of rotatable bonds is 10. The van der Waals surface area contributed by atoms with Gasteiger partial charge in [-0.2, -0.15) is 0 Å². The Labute approximate surface area is 237 Å². The molecule has 1 saturated heterocycles. The molecular formula is C34H50ClNO2. The van der Waals surface area contributed by atoms with Gasteiger partial charge in [-0.15, -0.1) is 12.4 Å². The number of halogens is 1. The molecule has 1 heterocycles. The molecule has 3 aliphatic rings. The number of likely N-dealkylation sites (tertiary alicyclic amines) is 1. The maximum atomic E-state index is 12.9. The summed E-state index contributed by atoms with van der Waals surface area (Å²) in [6.45, 7) is 3.20. The van der Waals surface area contributed by atoms with Crippen LogP contribution in [0.1, 0.15) is 101 Å². The highest BCUT2D eigenvalue weighted by Gasteiger charge is 2.48. The number of nitrogens with zero attached hydrogens (tertiary/aromatic N) is 1. The molecule has 38 heavy (non-hydrogen) atoms. The molecule has 2 saturated carbocycles. The van der Waals surface area contributed by atoms with Gasteiger partial charge in [-0.3, -0.25) is 0 Å². The molecule has 3 unspecified atom stereocenters. The monoisotopic (exact) mass is 539 g/mol. The first-order valence-corrected chi connectivity index (χ1v) is 15.4. The summed E-state index contributed by atoms with van der Waals surface area (Å²) >= 11 is 0. The molecule has 4 heteroatoms. The maximum absolute atomic E-state index is 12.9. The molecule has 0 radical (unpaired) electrons. The molecule has 2 aliphatic carbocycles. The number of aliphatic hydroxyl groups is 2. The molecule has 0 aromatic heterocycles. The molecule has 2 N–H and O–H groups in total. The van der Waals surface area contributed by atoms with Gasteiger partial charge in [0, 0.05) is 12.5 Å². The Morgan fingerprint density at radius 1 is 0.658 bits per heavy atom. The highest BCUT2D eigenvalue weighted by molar-refractivity contribution is 5.85. The van der Waals surface area contributed by atoms with Gasteiger partial charge in [-0.25, -0.2) is 0 Å². The van der Waals surface area contributed by atoms with Crippen LogP contribution < -0.4 is 0 Å². The minimum absolute atomic E-state index is 0. The van der Waals surface area contributed by atoms with Crippen LogP contribution in [0, 0.1) is 17.8 Å². The van der Waals surface area contributed by atoms with Crippen LogP contribution in [0.4, 0.5) is 0 Å². The van der Waals surface area contributed by atoms with Crippen LogP contribution in [0.3, 0.4) is 0 Å². The summed E-state index contributed by atoms with van der Waals surface area (Å²) in [5.74, 6) is 0.696. The molecule has 3 fully saturated rings. The molecule has 0 spiro atoms. The van der Waals surface area contributed by atoms with E-state index in [4.69, 9.17) is 0 Å². The van der Waals surface area contributed by atoms with E-state index >= 15 is 0 Å². The summed E-state index contributed by atoms with van der Waals surface area (Å²) in [6, 6.07) is 21.1. The average Bonchev–Trinajstić information content (AvgIpc) is 3.50. The lowest BCUT2D eigenvalue weighted by atomic mass is 9.64. The third kappa shape index (κ3) is 6.49. The molecule has 0 amide bonds. The third-order valence-corrected chi connectivity index (χ3v) is 10.2. The Morgan fingerprint density at radius 3 is 1.71 bits per heavy atom. The van der Waals surface area contributed by atoms with Gasteiger partial charge in [0.1, 0.15) is 0 Å². The van der Waals surface area contributed by atoms with E-state index in [2.05, 4.69) is 65.6 Å². The van der Waals surface area contributed by atoms with Gasteiger partial charge in [-0.1, -0.05) is 99.2 Å². The Balaban J connectivity index is 0.00000336. The summed E-state index contributed by atoms with van der Waals surface area (Å²) in [6.07, 6.45) is 15.9. The van der Waals surface area contributed by atoms with Crippen LogP contribution in [-0.4, -0.2) is 34.7 Å². The molecule has 210 valence electrons. The molecule has 3 nitrogen and oxygen atoms in total. The van der Waals surface area contributed by atoms with Crippen molar-refractivity contribution < 1.29 is 10.2 Å². The van der Waals surface area contributed by atoms with Crippen molar-refractivity contribution in [3.8, 4) is 0 Å². The van der Waals surface area contributed by atoms with Crippen molar-refractivity contribution >= 4 is 12.4 Å². The van der Waals surface area contributed by atoms with Crippen molar-refractivity contribution in [2.24, 2.45) is 17.8 Å². The van der Waals surface area contributed by atoms with E-state index in [1.807, 2.05) is 0 Å². The first-order chi connectivity index (χ1) is 18.1. The minimum atomic E-state index is -0.853. The van der Waals surface area contributed by atoms with E-state index in [0.29, 0.717) is 5.92 Å². The maximum Gasteiger partial charge on any atom is 0.0964 e. The van der Waals surface area contributed by atoms with Crippen molar-refractivity contribution in [3.63, 3.8) is 0 Å². The van der Waals surface area contributed by atoms with Gasteiger partial charge in [0.25, 0.3) is 0 Å². The van der Waals surface area contributed by atoms with E-state index < -0.39 is 11.2 Å². The Bertz CT molecular complexity index is 937. The fourth-order valence-corrected chi connectivity index (χ4v) is 8.07. The van der Waals surface area contributed by atoms with Crippen molar-refractivity contribution in [2.45, 2.75) is 101 Å². The van der Waals surface area contributed by atoms with E-state index in [1.165, 1.54) is 51.4 Å². The number of hydrogen-bond donors (Lipinski definition) is 2. The predicted octanol–water partition coefficient (Wildman–Crippen LogP) is 7.84. The third-order valence-electron chi connectivity index (χ3n) is 10.2. The summed E-state index contributed by atoms with van der Waals surface area (Å²) in [4.78, 5) is 2.59. The van der Waals surface area contributed by atoms with E-state index in [-0.39, 0.29) is 24.2 Å². The zero-order chi connectivity index (χ0) is 25.6. The highest BCUT2D eigenvalue weighted by atomic mass is 35.5. The van der Waals surface area contributed by atoms with Gasteiger partial charge in [0.2, 0.25) is 0 Å². The topological polar surface area (TPSA) is 43.7 Å². The van der Waals surface area contributed by atoms with Crippen LogP contribution in [0.15, 0.2) is 60.7 Å². The average molecular weight is 540 g/mol. The van der Waals surface area contributed by atoms with Gasteiger partial charge in [-0.05, 0) is 87.4 Å². The zero-order valence-electron chi connectivity index (χ0n) is 23.3. The number of benzene rings is 2. The van der Waals surface area contributed by atoms with Gasteiger partial charge >= 0.3 is 0 Å². The fourth-order valence-electron chi connectivity index (χ4n) is 8.07. The van der Waals surface area contributed by atoms with Gasteiger partial charge in [0.15, 0.2) is 0 Å². The van der Waals surface area contributed by atoms with Crippen LogP contribution >= 0.6 is 12.4 Å². The normalized spacial score (nSPS) is 23.7. The second kappa shape index (κ2) is 13.8. The molecule has 2 aromatic rings. The van der Waals surface area contributed by atoms with Crippen LogP contribution in [0.25, 0.3) is 0 Å². The molecule has 5 rings (SSSR count). The summed E-state index contributed by atoms with van der Waals surface area (Å²) < 4.78 is 0. The molecule has 0 bridgehead atoms. The van der Waals surface area contributed by atoms with Crippen LogP contribution in [0.2, 0.25) is 0 Å². The van der Waals surface area contributed by atoms with E-state index in [9.17, 15) is 10.2 Å². The van der Waals surface area contributed by atoms with Crippen LogP contribution in [-0.2, 0) is 11.2 Å². The molecular weight excluding hydrogens is 490 g/mol. The minimum Gasteiger partial charge on any atom is -0.385 e. The Morgan fingerprint density at radius 2 is 1.16 bits per heavy atom.